The van der Waals surface area contributed by atoms with E-state index in [9.17, 15) is 5.11 Å². The second kappa shape index (κ2) is 5.92. The molecule has 0 heterocycles. The zero-order valence-corrected chi connectivity index (χ0v) is 12.3. The van der Waals surface area contributed by atoms with Gasteiger partial charge < -0.3 is 5.11 Å². The van der Waals surface area contributed by atoms with E-state index in [-0.39, 0.29) is 10.8 Å². The van der Waals surface area contributed by atoms with Gasteiger partial charge in [0.05, 0.1) is 10.0 Å². The highest BCUT2D eigenvalue weighted by Gasteiger charge is 2.20. The molecule has 0 spiro atoms. The Kier molecular flexibility index (Phi) is 4.76. The Morgan fingerprint density at radius 2 is 1.71 bits per heavy atom. The lowest BCUT2D eigenvalue weighted by molar-refractivity contribution is 0.475. The van der Waals surface area contributed by atoms with Gasteiger partial charge in [-0.2, -0.15) is 0 Å². The van der Waals surface area contributed by atoms with Crippen molar-refractivity contribution >= 4 is 46.6 Å². The molecule has 94 valence electrons. The molecule has 1 nitrogen and oxygen atoms in total. The number of phenols is 1. The van der Waals surface area contributed by atoms with E-state index in [1.54, 1.807) is 11.8 Å². The number of halogens is 3. The van der Waals surface area contributed by atoms with Gasteiger partial charge in [0.2, 0.25) is 0 Å². The monoisotopic (exact) mass is 310 g/mol. The van der Waals surface area contributed by atoms with Gasteiger partial charge in [0.15, 0.2) is 0 Å². The van der Waals surface area contributed by atoms with E-state index in [0.717, 1.165) is 4.90 Å². The lowest BCUT2D eigenvalue weighted by atomic mass is 10.0. The number of thioether (sulfide) groups is 1. The van der Waals surface area contributed by atoms with Crippen LogP contribution in [0.15, 0.2) is 11.0 Å². The molecule has 0 unspecified atom stereocenters. The van der Waals surface area contributed by atoms with Crippen LogP contribution in [0.25, 0.3) is 0 Å². The van der Waals surface area contributed by atoms with Crippen LogP contribution >= 0.6 is 46.6 Å². The van der Waals surface area contributed by atoms with Crippen molar-refractivity contribution < 1.29 is 5.11 Å². The van der Waals surface area contributed by atoms with Gasteiger partial charge in [-0.1, -0.05) is 54.1 Å². The third-order valence-electron chi connectivity index (χ3n) is 2.93. The SMILES string of the molecule is Oc1cc(Cl)c(SC2CCCCC2)c(Cl)c1Cl. The predicted molar refractivity (Wildman–Crippen MR) is 75.9 cm³/mol. The van der Waals surface area contributed by atoms with Gasteiger partial charge >= 0.3 is 0 Å². The minimum atomic E-state index is -0.0605. The van der Waals surface area contributed by atoms with Crippen molar-refractivity contribution in [1.29, 1.82) is 0 Å². The summed E-state index contributed by atoms with van der Waals surface area (Å²) in [6.45, 7) is 0. The molecule has 0 radical (unpaired) electrons. The van der Waals surface area contributed by atoms with Crippen molar-refractivity contribution in [2.75, 3.05) is 0 Å². The molecule has 1 aliphatic rings. The summed E-state index contributed by atoms with van der Waals surface area (Å²) in [4.78, 5) is 0.794. The quantitative estimate of drug-likeness (QED) is 0.699. The molecule has 2 rings (SSSR count). The molecule has 1 fully saturated rings. The Hall–Kier alpha value is 0.240. The van der Waals surface area contributed by atoms with Crippen LogP contribution in [0.4, 0.5) is 0 Å². The van der Waals surface area contributed by atoms with Crippen LogP contribution < -0.4 is 0 Å². The summed E-state index contributed by atoms with van der Waals surface area (Å²) < 4.78 is 0. The average Bonchev–Trinajstić information content (AvgIpc) is 2.33. The fraction of sp³-hybridized carbons (Fsp3) is 0.500. The van der Waals surface area contributed by atoms with Crippen molar-refractivity contribution in [2.45, 2.75) is 42.2 Å². The van der Waals surface area contributed by atoms with Crippen LogP contribution in [0, 0.1) is 0 Å². The van der Waals surface area contributed by atoms with Gasteiger partial charge in [-0.05, 0) is 12.8 Å². The van der Waals surface area contributed by atoms with E-state index in [0.29, 0.717) is 15.3 Å². The summed E-state index contributed by atoms with van der Waals surface area (Å²) in [6, 6.07) is 1.46. The minimum absolute atomic E-state index is 0.0605. The minimum Gasteiger partial charge on any atom is -0.506 e. The van der Waals surface area contributed by atoms with Crippen LogP contribution in [-0.2, 0) is 0 Å². The van der Waals surface area contributed by atoms with Gasteiger partial charge in [0.1, 0.15) is 10.8 Å². The molecule has 0 saturated heterocycles. The molecular formula is C12H13Cl3OS. The molecular weight excluding hydrogens is 299 g/mol. The molecule has 0 bridgehead atoms. The van der Waals surface area contributed by atoms with Gasteiger partial charge in [0, 0.05) is 16.2 Å². The van der Waals surface area contributed by atoms with Crippen LogP contribution in [0.2, 0.25) is 15.1 Å². The maximum absolute atomic E-state index is 9.50. The van der Waals surface area contributed by atoms with Crippen molar-refractivity contribution in [1.82, 2.24) is 0 Å². The van der Waals surface area contributed by atoms with Crippen molar-refractivity contribution in [3.05, 3.63) is 21.1 Å². The van der Waals surface area contributed by atoms with Crippen molar-refractivity contribution in [2.24, 2.45) is 0 Å². The molecule has 1 N–H and O–H groups in total. The number of phenolic OH excluding ortho intramolecular Hbond substituents is 1. The van der Waals surface area contributed by atoms with Crippen LogP contribution in [-0.4, -0.2) is 10.4 Å². The Labute approximate surface area is 120 Å². The van der Waals surface area contributed by atoms with Gasteiger partial charge in [0.25, 0.3) is 0 Å². The topological polar surface area (TPSA) is 20.2 Å². The Morgan fingerprint density at radius 1 is 1.06 bits per heavy atom. The lowest BCUT2D eigenvalue weighted by Crippen LogP contribution is -2.07. The normalized spacial score (nSPS) is 17.4. The molecule has 0 atom stereocenters. The number of hydrogen-bond acceptors (Lipinski definition) is 2. The maximum Gasteiger partial charge on any atom is 0.137 e. The molecule has 1 aromatic carbocycles. The Bertz CT molecular complexity index is 417. The van der Waals surface area contributed by atoms with E-state index in [1.807, 2.05) is 0 Å². The van der Waals surface area contributed by atoms with E-state index in [1.165, 1.54) is 38.2 Å². The van der Waals surface area contributed by atoms with Crippen LogP contribution in [0.1, 0.15) is 32.1 Å². The summed E-state index contributed by atoms with van der Waals surface area (Å²) in [7, 11) is 0. The highest BCUT2D eigenvalue weighted by Crippen LogP contribution is 2.46. The highest BCUT2D eigenvalue weighted by atomic mass is 35.5. The summed E-state index contributed by atoms with van der Waals surface area (Å²) in [5, 5.41) is 11.1. The summed E-state index contributed by atoms with van der Waals surface area (Å²) in [5.41, 5.74) is 0. The van der Waals surface area contributed by atoms with E-state index in [4.69, 9.17) is 34.8 Å². The summed E-state index contributed by atoms with van der Waals surface area (Å²) >= 11 is 19.8. The van der Waals surface area contributed by atoms with E-state index >= 15 is 0 Å². The fourth-order valence-corrected chi connectivity index (χ4v) is 4.22. The molecule has 1 saturated carbocycles. The number of hydrogen-bond donors (Lipinski definition) is 1. The number of aromatic hydroxyl groups is 1. The molecule has 1 aliphatic carbocycles. The number of benzene rings is 1. The lowest BCUT2D eigenvalue weighted by Gasteiger charge is -2.22. The summed E-state index contributed by atoms with van der Waals surface area (Å²) in [5.74, 6) is -0.0605. The first-order valence-electron chi connectivity index (χ1n) is 5.62. The first-order chi connectivity index (χ1) is 8.09. The van der Waals surface area contributed by atoms with Crippen molar-refractivity contribution in [3.63, 3.8) is 0 Å². The average molecular weight is 312 g/mol. The second-order valence-electron chi connectivity index (χ2n) is 4.21. The third-order valence-corrected chi connectivity index (χ3v) is 5.78. The molecule has 1 aromatic rings. The van der Waals surface area contributed by atoms with Crippen LogP contribution in [0.3, 0.4) is 0 Å². The number of rotatable bonds is 2. The first-order valence-corrected chi connectivity index (χ1v) is 7.64. The third kappa shape index (κ3) is 3.17. The standard InChI is InChI=1S/C12H13Cl3OS/c13-8-6-9(16)10(14)11(15)12(8)17-7-4-2-1-3-5-7/h6-7,16H,1-5H2. The second-order valence-corrected chi connectivity index (χ2v) is 6.69. The zero-order valence-electron chi connectivity index (χ0n) is 9.18. The Balaban J connectivity index is 2.22. The molecule has 5 heteroatoms. The fourth-order valence-electron chi connectivity index (χ4n) is 2.02. The molecule has 0 aliphatic heterocycles. The summed E-state index contributed by atoms with van der Waals surface area (Å²) in [6.07, 6.45) is 6.22. The van der Waals surface area contributed by atoms with E-state index in [2.05, 4.69) is 0 Å². The molecule has 0 amide bonds. The van der Waals surface area contributed by atoms with E-state index < -0.39 is 0 Å². The van der Waals surface area contributed by atoms with Gasteiger partial charge in [-0.3, -0.25) is 0 Å². The zero-order chi connectivity index (χ0) is 12.4. The molecule has 17 heavy (non-hydrogen) atoms. The van der Waals surface area contributed by atoms with Crippen molar-refractivity contribution in [3.8, 4) is 5.75 Å². The van der Waals surface area contributed by atoms with Crippen LogP contribution in [0.5, 0.6) is 5.75 Å². The largest absolute Gasteiger partial charge is 0.506 e. The maximum atomic E-state index is 9.50. The first kappa shape index (κ1) is 13.7. The predicted octanol–water partition coefficient (Wildman–Crippen LogP) is 5.78. The van der Waals surface area contributed by atoms with Gasteiger partial charge in [-0.25, -0.2) is 0 Å². The smallest absolute Gasteiger partial charge is 0.137 e. The highest BCUT2D eigenvalue weighted by molar-refractivity contribution is 8.00. The molecule has 0 aromatic heterocycles. The Morgan fingerprint density at radius 3 is 2.35 bits per heavy atom. The van der Waals surface area contributed by atoms with Gasteiger partial charge in [-0.15, -0.1) is 11.8 Å².